The fourth-order valence-corrected chi connectivity index (χ4v) is 8.47. The first-order chi connectivity index (χ1) is 17.4. The van der Waals surface area contributed by atoms with Crippen molar-refractivity contribution in [1.29, 1.82) is 5.26 Å². The molecule has 3 fully saturated rings. The number of aromatic nitrogens is 3. The molecule has 3 aromatic heterocycles. The minimum Gasteiger partial charge on any atom is -0.391 e. The number of pyridine rings is 1. The number of hydrogen-bond acceptors (Lipinski definition) is 9. The first-order valence-corrected chi connectivity index (χ1v) is 14.4. The maximum Gasteiger partial charge on any atom is 0.282 e. The highest BCUT2D eigenvalue weighted by Crippen LogP contribution is 2.40. The minimum absolute atomic E-state index is 0.0529. The molecule has 3 aromatic rings. The highest BCUT2D eigenvalue weighted by atomic mass is 32.2. The van der Waals surface area contributed by atoms with Gasteiger partial charge in [0, 0.05) is 55.1 Å². The van der Waals surface area contributed by atoms with Gasteiger partial charge in [-0.25, -0.2) is 9.97 Å². The largest absolute Gasteiger partial charge is 0.391 e. The van der Waals surface area contributed by atoms with Crippen LogP contribution in [0.5, 0.6) is 0 Å². The molecule has 2 bridgehead atoms. The van der Waals surface area contributed by atoms with Crippen molar-refractivity contribution in [2.75, 3.05) is 23.7 Å². The first kappa shape index (κ1) is 23.6. The molecule has 0 radical (unpaired) electrons. The predicted octanol–water partition coefficient (Wildman–Crippen LogP) is 2.75. The summed E-state index contributed by atoms with van der Waals surface area (Å²) in [6.07, 6.45) is 7.65. The molecule has 2 unspecified atom stereocenters. The van der Waals surface area contributed by atoms with E-state index in [4.69, 9.17) is 10.2 Å². The van der Waals surface area contributed by atoms with Gasteiger partial charge in [0.15, 0.2) is 5.13 Å². The van der Waals surface area contributed by atoms with Gasteiger partial charge in [-0.1, -0.05) is 17.8 Å². The molecule has 4 N–H and O–H groups in total. The molecule has 6 heterocycles. The van der Waals surface area contributed by atoms with Crippen LogP contribution < -0.4 is 10.6 Å². The Bertz CT molecular complexity index is 1390. The molecule has 190 valence electrons. The molecule has 13 heteroatoms. The summed E-state index contributed by atoms with van der Waals surface area (Å²) in [5.41, 5.74) is 0.930. The Labute approximate surface area is 213 Å². The van der Waals surface area contributed by atoms with E-state index >= 15 is 0 Å². The van der Waals surface area contributed by atoms with E-state index in [1.54, 1.807) is 10.5 Å². The van der Waals surface area contributed by atoms with Crippen molar-refractivity contribution in [2.45, 2.75) is 56.8 Å². The fraction of sp³-hybridized carbons (Fsp3) is 0.522. The van der Waals surface area contributed by atoms with Gasteiger partial charge in [-0.3, -0.25) is 0 Å². The number of rotatable bonds is 7. The molecule has 0 aliphatic carbocycles. The normalized spacial score (nSPS) is 25.4. The second-order valence-corrected chi connectivity index (χ2v) is 12.7. The van der Waals surface area contributed by atoms with E-state index in [-0.39, 0.29) is 30.7 Å². The molecule has 0 amide bonds. The van der Waals surface area contributed by atoms with Crippen LogP contribution in [0, 0.1) is 17.2 Å². The van der Waals surface area contributed by atoms with Crippen molar-refractivity contribution in [1.82, 2.24) is 23.6 Å². The lowest BCUT2D eigenvalue weighted by molar-refractivity contribution is 0.0984. The predicted molar refractivity (Wildman–Crippen MR) is 137 cm³/mol. The number of aliphatic hydroxyl groups is 1. The lowest BCUT2D eigenvalue weighted by Gasteiger charge is -2.50. The molecule has 3 saturated heterocycles. The van der Waals surface area contributed by atoms with Gasteiger partial charge in [0.25, 0.3) is 10.2 Å². The van der Waals surface area contributed by atoms with Crippen LogP contribution in [-0.2, 0) is 16.8 Å². The number of nitrogens with one attached hydrogen (secondary N) is 3. The topological polar surface area (TPSA) is 150 Å². The minimum atomic E-state index is -3.56. The molecule has 11 nitrogen and oxygen atoms in total. The molecule has 3 aliphatic rings. The lowest BCUT2D eigenvalue weighted by Crippen LogP contribution is -2.63. The van der Waals surface area contributed by atoms with Gasteiger partial charge in [-0.05, 0) is 31.7 Å². The van der Waals surface area contributed by atoms with Crippen molar-refractivity contribution < 1.29 is 13.5 Å². The Balaban J connectivity index is 1.21. The second-order valence-electron chi connectivity index (χ2n) is 9.74. The van der Waals surface area contributed by atoms with E-state index in [1.807, 2.05) is 18.3 Å². The summed E-state index contributed by atoms with van der Waals surface area (Å²) >= 11 is 1.37. The number of aliphatic hydroxyl groups excluding tert-OH is 1. The van der Waals surface area contributed by atoms with Crippen LogP contribution in [0.25, 0.3) is 10.9 Å². The van der Waals surface area contributed by atoms with Gasteiger partial charge >= 0.3 is 0 Å². The van der Waals surface area contributed by atoms with Crippen LogP contribution in [0.15, 0.2) is 24.5 Å². The van der Waals surface area contributed by atoms with Gasteiger partial charge in [-0.2, -0.15) is 22.3 Å². The zero-order valence-corrected chi connectivity index (χ0v) is 21.2. The van der Waals surface area contributed by atoms with Crippen LogP contribution >= 0.6 is 11.3 Å². The molecule has 36 heavy (non-hydrogen) atoms. The number of piperidine rings is 2. The summed E-state index contributed by atoms with van der Waals surface area (Å²) in [4.78, 5) is 13.1. The van der Waals surface area contributed by atoms with E-state index < -0.39 is 10.2 Å². The molecular weight excluding hydrogens is 500 g/mol. The van der Waals surface area contributed by atoms with Gasteiger partial charge in [0.05, 0.1) is 29.0 Å². The Morgan fingerprint density at radius 2 is 2.06 bits per heavy atom. The zero-order chi connectivity index (χ0) is 24.9. The average Bonchev–Trinajstić information content (AvgIpc) is 3.47. The highest BCUT2D eigenvalue weighted by Gasteiger charge is 2.49. The van der Waals surface area contributed by atoms with Crippen molar-refractivity contribution in [3.05, 3.63) is 29.4 Å². The third-order valence-corrected chi connectivity index (χ3v) is 10.3. The molecule has 2 atom stereocenters. The molecule has 3 aliphatic heterocycles. The third kappa shape index (κ3) is 4.22. The van der Waals surface area contributed by atoms with Gasteiger partial charge in [-0.15, -0.1) is 0 Å². The SMILES string of the molecule is N#CC1CN(S(=O)(=O)N2C3CCCC2CC(Nc2nc(Nc4ncc(CO)s4)cc4[nH]ccc24)C3)C1. The standard InChI is InChI=1S/C23H28N8O3S2/c24-9-14-11-30(12-14)36(33,34)31-16-2-1-3-17(31)7-15(6-16)27-22-19-4-5-25-20(19)8-21(28-22)29-23-26-10-18(13-32)35-23/h4-5,8,10,14-17,25,32H,1-3,6-7,11-13H2,(H2,26,27,28,29). The number of fused-ring (bicyclic) bond motifs is 3. The number of nitrogens with zero attached hydrogens (tertiary/aromatic N) is 5. The van der Waals surface area contributed by atoms with Gasteiger partial charge in [0.1, 0.15) is 11.6 Å². The van der Waals surface area contributed by atoms with Gasteiger partial charge < -0.3 is 20.7 Å². The molecule has 0 aromatic carbocycles. The fourth-order valence-electron chi connectivity index (χ4n) is 5.65. The molecule has 0 spiro atoms. The number of hydrogen-bond donors (Lipinski definition) is 4. The van der Waals surface area contributed by atoms with E-state index in [1.165, 1.54) is 15.6 Å². The Hall–Kier alpha value is -2.76. The number of thiazole rings is 1. The highest BCUT2D eigenvalue weighted by molar-refractivity contribution is 7.86. The van der Waals surface area contributed by atoms with Crippen LogP contribution in [0.3, 0.4) is 0 Å². The lowest BCUT2D eigenvalue weighted by atomic mass is 9.84. The summed E-state index contributed by atoms with van der Waals surface area (Å²) in [6.45, 7) is 0.539. The maximum absolute atomic E-state index is 13.4. The summed E-state index contributed by atoms with van der Waals surface area (Å²) in [5.74, 6) is 1.18. The van der Waals surface area contributed by atoms with Crippen LogP contribution in [0.1, 0.15) is 37.0 Å². The Kier molecular flexibility index (Phi) is 6.09. The van der Waals surface area contributed by atoms with E-state index in [0.29, 0.717) is 36.9 Å². The van der Waals surface area contributed by atoms with Gasteiger partial charge in [0.2, 0.25) is 0 Å². The number of anilines is 3. The first-order valence-electron chi connectivity index (χ1n) is 12.2. The van der Waals surface area contributed by atoms with Crippen molar-refractivity contribution >= 4 is 49.2 Å². The van der Waals surface area contributed by atoms with E-state index in [9.17, 15) is 13.5 Å². The number of nitriles is 1. The molecular formula is C23H28N8O3S2. The van der Waals surface area contributed by atoms with Crippen molar-refractivity contribution in [3.63, 3.8) is 0 Å². The van der Waals surface area contributed by atoms with Crippen LogP contribution in [0.4, 0.5) is 16.8 Å². The smallest absolute Gasteiger partial charge is 0.282 e. The average molecular weight is 529 g/mol. The zero-order valence-electron chi connectivity index (χ0n) is 19.6. The quantitative estimate of drug-likeness (QED) is 0.366. The van der Waals surface area contributed by atoms with Crippen molar-refractivity contribution in [3.8, 4) is 6.07 Å². The monoisotopic (exact) mass is 528 g/mol. The third-order valence-electron chi connectivity index (χ3n) is 7.36. The van der Waals surface area contributed by atoms with Crippen LogP contribution in [0.2, 0.25) is 0 Å². The Morgan fingerprint density at radius 1 is 1.28 bits per heavy atom. The van der Waals surface area contributed by atoms with Crippen LogP contribution in [-0.4, -0.2) is 68.3 Å². The summed E-state index contributed by atoms with van der Waals surface area (Å²) < 4.78 is 29.9. The number of aromatic amines is 1. The summed E-state index contributed by atoms with van der Waals surface area (Å²) in [6, 6.07) is 6.05. The second kappa shape index (κ2) is 9.28. The summed E-state index contributed by atoms with van der Waals surface area (Å²) in [7, 11) is -3.56. The molecule has 6 rings (SSSR count). The Morgan fingerprint density at radius 3 is 2.75 bits per heavy atom. The van der Waals surface area contributed by atoms with E-state index in [2.05, 4.69) is 26.7 Å². The molecule has 0 saturated carbocycles. The number of H-pyrrole nitrogens is 1. The maximum atomic E-state index is 13.4. The van der Waals surface area contributed by atoms with E-state index in [0.717, 1.165) is 40.9 Å². The summed E-state index contributed by atoms with van der Waals surface area (Å²) in [5, 5.41) is 26.9. The van der Waals surface area contributed by atoms with Crippen molar-refractivity contribution in [2.24, 2.45) is 5.92 Å².